The Kier molecular flexibility index (Phi) is 4.34. The van der Waals surface area contributed by atoms with Crippen LogP contribution in [0, 0.1) is 0 Å². The summed E-state index contributed by atoms with van der Waals surface area (Å²) in [6.07, 6.45) is 1.23. The van der Waals surface area contributed by atoms with Crippen molar-refractivity contribution in [1.29, 1.82) is 0 Å². The molecular weight excluding hydrogens is 204 g/mol. The lowest BCUT2D eigenvalue weighted by molar-refractivity contribution is -0.109. The van der Waals surface area contributed by atoms with Crippen molar-refractivity contribution in [3.05, 3.63) is 35.9 Å². The van der Waals surface area contributed by atoms with Gasteiger partial charge in [0.05, 0.1) is 19.3 Å². The molecule has 88 valence electrons. The van der Waals surface area contributed by atoms with Crippen molar-refractivity contribution in [3.8, 4) is 0 Å². The van der Waals surface area contributed by atoms with Crippen LogP contribution in [0.25, 0.3) is 0 Å². The van der Waals surface area contributed by atoms with Gasteiger partial charge in [0.25, 0.3) is 0 Å². The summed E-state index contributed by atoms with van der Waals surface area (Å²) < 4.78 is 11.0. The van der Waals surface area contributed by atoms with E-state index in [4.69, 9.17) is 9.47 Å². The predicted molar refractivity (Wildman–Crippen MR) is 61.1 cm³/mol. The van der Waals surface area contributed by atoms with Crippen molar-refractivity contribution in [2.45, 2.75) is 31.7 Å². The summed E-state index contributed by atoms with van der Waals surface area (Å²) in [7, 11) is 0. The Morgan fingerprint density at radius 1 is 1.31 bits per heavy atom. The van der Waals surface area contributed by atoms with Crippen molar-refractivity contribution in [2.24, 2.45) is 0 Å². The van der Waals surface area contributed by atoms with Crippen molar-refractivity contribution in [3.63, 3.8) is 0 Å². The Morgan fingerprint density at radius 3 is 2.88 bits per heavy atom. The van der Waals surface area contributed by atoms with Gasteiger partial charge in [-0.2, -0.15) is 0 Å². The van der Waals surface area contributed by atoms with Gasteiger partial charge in [0.15, 0.2) is 0 Å². The minimum Gasteiger partial charge on any atom is -0.390 e. The van der Waals surface area contributed by atoms with Gasteiger partial charge in [0.2, 0.25) is 0 Å². The van der Waals surface area contributed by atoms with Gasteiger partial charge in [-0.25, -0.2) is 0 Å². The lowest BCUT2D eigenvalue weighted by Gasteiger charge is -2.27. The molecule has 1 fully saturated rings. The van der Waals surface area contributed by atoms with Crippen LogP contribution >= 0.6 is 0 Å². The van der Waals surface area contributed by atoms with E-state index in [0.29, 0.717) is 13.2 Å². The second-order valence-electron chi connectivity index (χ2n) is 4.12. The molecule has 16 heavy (non-hydrogen) atoms. The first-order valence-electron chi connectivity index (χ1n) is 5.77. The van der Waals surface area contributed by atoms with E-state index < -0.39 is 0 Å². The minimum absolute atomic E-state index is 0.155. The van der Waals surface area contributed by atoms with Gasteiger partial charge >= 0.3 is 0 Å². The molecule has 0 bridgehead atoms. The van der Waals surface area contributed by atoms with E-state index in [2.05, 4.69) is 0 Å². The number of ether oxygens (including phenoxy) is 2. The number of aliphatic hydroxyl groups is 1. The summed E-state index contributed by atoms with van der Waals surface area (Å²) in [5.74, 6) is 0. The zero-order valence-corrected chi connectivity index (χ0v) is 9.34. The third kappa shape index (κ3) is 3.30. The molecule has 2 rings (SSSR count). The highest BCUT2D eigenvalue weighted by Crippen LogP contribution is 2.14. The molecule has 0 amide bonds. The molecule has 0 radical (unpaired) electrons. The first-order chi connectivity index (χ1) is 7.86. The second kappa shape index (κ2) is 5.99. The highest BCUT2D eigenvalue weighted by Gasteiger charge is 2.23. The fraction of sp³-hybridized carbons (Fsp3) is 0.538. The van der Waals surface area contributed by atoms with E-state index in [0.717, 1.165) is 25.0 Å². The average Bonchev–Trinajstić information content (AvgIpc) is 2.33. The van der Waals surface area contributed by atoms with Gasteiger partial charge in [-0.15, -0.1) is 0 Å². The monoisotopic (exact) mass is 222 g/mol. The van der Waals surface area contributed by atoms with Crippen molar-refractivity contribution in [2.75, 3.05) is 13.2 Å². The predicted octanol–water partition coefficient (Wildman–Crippen LogP) is 1.74. The lowest BCUT2D eigenvalue weighted by Crippen LogP contribution is -2.37. The fourth-order valence-corrected chi connectivity index (χ4v) is 1.85. The third-order valence-electron chi connectivity index (χ3n) is 2.80. The number of rotatable bonds is 4. The molecule has 2 unspecified atom stereocenters. The summed E-state index contributed by atoms with van der Waals surface area (Å²) in [5.41, 5.74) is 1.15. The van der Waals surface area contributed by atoms with Crippen molar-refractivity contribution >= 4 is 0 Å². The molecule has 1 aliphatic rings. The van der Waals surface area contributed by atoms with Crippen LogP contribution in [0.4, 0.5) is 0 Å². The van der Waals surface area contributed by atoms with Crippen molar-refractivity contribution < 1.29 is 14.6 Å². The van der Waals surface area contributed by atoms with E-state index in [1.807, 2.05) is 30.3 Å². The maximum Gasteiger partial charge on any atom is 0.107 e. The van der Waals surface area contributed by atoms with Crippen LogP contribution in [0.3, 0.4) is 0 Å². The van der Waals surface area contributed by atoms with Crippen molar-refractivity contribution in [1.82, 2.24) is 0 Å². The molecule has 2 atom stereocenters. The van der Waals surface area contributed by atoms with Crippen LogP contribution in [0.15, 0.2) is 30.3 Å². The quantitative estimate of drug-likeness (QED) is 0.843. The van der Waals surface area contributed by atoms with Gasteiger partial charge < -0.3 is 14.6 Å². The van der Waals surface area contributed by atoms with Gasteiger partial charge in [-0.05, 0) is 18.4 Å². The zero-order chi connectivity index (χ0) is 11.2. The molecule has 0 aliphatic carbocycles. The van der Waals surface area contributed by atoms with Gasteiger partial charge in [0.1, 0.15) is 6.10 Å². The van der Waals surface area contributed by atoms with E-state index in [1.54, 1.807) is 0 Å². The second-order valence-corrected chi connectivity index (χ2v) is 4.12. The highest BCUT2D eigenvalue weighted by atomic mass is 16.5. The SMILES string of the molecule is OC1CCCOC1COCc1ccccc1. The van der Waals surface area contributed by atoms with Gasteiger partial charge in [-0.3, -0.25) is 0 Å². The number of aliphatic hydroxyl groups excluding tert-OH is 1. The number of benzene rings is 1. The molecule has 0 saturated carbocycles. The van der Waals surface area contributed by atoms with Crippen LogP contribution in [0.2, 0.25) is 0 Å². The van der Waals surface area contributed by atoms with E-state index in [9.17, 15) is 5.11 Å². The first-order valence-corrected chi connectivity index (χ1v) is 5.77. The summed E-state index contributed by atoms with van der Waals surface area (Å²) in [4.78, 5) is 0. The van der Waals surface area contributed by atoms with E-state index in [1.165, 1.54) is 0 Å². The summed E-state index contributed by atoms with van der Waals surface area (Å²) in [6.45, 7) is 1.78. The molecule has 1 heterocycles. The molecular formula is C13H18O3. The maximum absolute atomic E-state index is 9.66. The molecule has 0 aromatic heterocycles. The minimum atomic E-state index is -0.371. The van der Waals surface area contributed by atoms with Crippen LogP contribution in [-0.4, -0.2) is 30.5 Å². The largest absolute Gasteiger partial charge is 0.390 e. The number of hydrogen-bond donors (Lipinski definition) is 1. The molecule has 1 saturated heterocycles. The maximum atomic E-state index is 9.66. The van der Waals surface area contributed by atoms with Crippen LogP contribution in [0.1, 0.15) is 18.4 Å². The van der Waals surface area contributed by atoms with Crippen LogP contribution in [0.5, 0.6) is 0 Å². The highest BCUT2D eigenvalue weighted by molar-refractivity contribution is 5.13. The molecule has 1 aromatic carbocycles. The third-order valence-corrected chi connectivity index (χ3v) is 2.80. The summed E-state index contributed by atoms with van der Waals surface area (Å²) in [6, 6.07) is 10.0. The molecule has 1 aromatic rings. The molecule has 0 spiro atoms. The van der Waals surface area contributed by atoms with Gasteiger partial charge in [0, 0.05) is 6.61 Å². The lowest BCUT2D eigenvalue weighted by atomic mass is 10.1. The normalized spacial score (nSPS) is 25.6. The summed E-state index contributed by atoms with van der Waals surface area (Å²) in [5, 5.41) is 9.66. The van der Waals surface area contributed by atoms with E-state index in [-0.39, 0.29) is 12.2 Å². The Hall–Kier alpha value is -0.900. The first kappa shape index (κ1) is 11.6. The smallest absolute Gasteiger partial charge is 0.107 e. The number of hydrogen-bond acceptors (Lipinski definition) is 3. The van der Waals surface area contributed by atoms with Gasteiger partial charge in [-0.1, -0.05) is 30.3 Å². The van der Waals surface area contributed by atoms with Crippen LogP contribution < -0.4 is 0 Å². The fourth-order valence-electron chi connectivity index (χ4n) is 1.85. The molecule has 3 heteroatoms. The Labute approximate surface area is 96.0 Å². The average molecular weight is 222 g/mol. The molecule has 1 N–H and O–H groups in total. The molecule has 3 nitrogen and oxygen atoms in total. The Morgan fingerprint density at radius 2 is 2.12 bits per heavy atom. The van der Waals surface area contributed by atoms with Crippen LogP contribution in [-0.2, 0) is 16.1 Å². The Balaban J connectivity index is 1.71. The van der Waals surface area contributed by atoms with E-state index >= 15 is 0 Å². The molecule has 1 aliphatic heterocycles. The zero-order valence-electron chi connectivity index (χ0n) is 9.34. The summed E-state index contributed by atoms with van der Waals surface area (Å²) >= 11 is 0. The Bertz CT molecular complexity index is 299. The standard InChI is InChI=1S/C13H18O3/c14-12-7-4-8-16-13(12)10-15-9-11-5-2-1-3-6-11/h1-3,5-6,12-14H,4,7-10H2. The topological polar surface area (TPSA) is 38.7 Å².